The third-order valence-electron chi connectivity index (χ3n) is 3.74. The van der Waals surface area contributed by atoms with Crippen molar-refractivity contribution in [2.75, 3.05) is 0 Å². The summed E-state index contributed by atoms with van der Waals surface area (Å²) in [5.41, 5.74) is 1.90. The Hall–Kier alpha value is -1.85. The van der Waals surface area contributed by atoms with E-state index in [2.05, 4.69) is 29.2 Å². The molecule has 5 nitrogen and oxygen atoms in total. The number of aromatic nitrogens is 4. The van der Waals surface area contributed by atoms with Gasteiger partial charge >= 0.3 is 0 Å². The zero-order valence-corrected chi connectivity index (χ0v) is 12.8. The largest absolute Gasteiger partial charge is 0.306 e. The van der Waals surface area contributed by atoms with Crippen LogP contribution in [0.3, 0.4) is 0 Å². The number of fused-ring (bicyclic) bond motifs is 1. The Morgan fingerprint density at radius 3 is 2.90 bits per heavy atom. The van der Waals surface area contributed by atoms with Gasteiger partial charge in [-0.1, -0.05) is 11.6 Å². The highest BCUT2D eigenvalue weighted by atomic mass is 35.5. The molecule has 0 fully saturated rings. The molecule has 6 heteroatoms. The lowest BCUT2D eigenvalue weighted by molar-refractivity contribution is 0.364. The number of nitrogens with one attached hydrogen (secondary N) is 1. The van der Waals surface area contributed by atoms with Gasteiger partial charge in [-0.15, -0.1) is 0 Å². The van der Waals surface area contributed by atoms with Crippen LogP contribution >= 0.6 is 11.6 Å². The smallest absolute Gasteiger partial charge is 0.137 e. The summed E-state index contributed by atoms with van der Waals surface area (Å²) < 4.78 is 3.90. The molecule has 0 aliphatic carbocycles. The molecule has 0 aliphatic rings. The highest BCUT2D eigenvalue weighted by molar-refractivity contribution is 6.30. The quantitative estimate of drug-likeness (QED) is 0.788. The SMILES string of the molecule is C[C@H](NCc1cn2cc(Cl)ccc2n1)[C@H](C)n1cccn1. The molecular weight excluding hydrogens is 286 g/mol. The van der Waals surface area contributed by atoms with Crippen molar-refractivity contribution in [3.05, 3.63) is 53.7 Å². The van der Waals surface area contributed by atoms with E-state index in [-0.39, 0.29) is 6.04 Å². The van der Waals surface area contributed by atoms with Crippen molar-refractivity contribution in [1.29, 1.82) is 0 Å². The van der Waals surface area contributed by atoms with E-state index in [1.165, 1.54) is 0 Å². The maximum Gasteiger partial charge on any atom is 0.137 e. The van der Waals surface area contributed by atoms with Crippen molar-refractivity contribution >= 4 is 17.2 Å². The van der Waals surface area contributed by atoms with Gasteiger partial charge in [-0.3, -0.25) is 4.68 Å². The fourth-order valence-electron chi connectivity index (χ4n) is 2.29. The molecule has 3 aromatic rings. The van der Waals surface area contributed by atoms with Crippen LogP contribution in [0.4, 0.5) is 0 Å². The average molecular weight is 304 g/mol. The van der Waals surface area contributed by atoms with Gasteiger partial charge in [0.2, 0.25) is 0 Å². The lowest BCUT2D eigenvalue weighted by Crippen LogP contribution is -2.33. The molecule has 0 aromatic carbocycles. The van der Waals surface area contributed by atoms with Crippen molar-refractivity contribution < 1.29 is 0 Å². The summed E-state index contributed by atoms with van der Waals surface area (Å²) in [7, 11) is 0. The first-order valence-electron chi connectivity index (χ1n) is 6.99. The summed E-state index contributed by atoms with van der Waals surface area (Å²) in [6.45, 7) is 5.01. The van der Waals surface area contributed by atoms with E-state index in [0.29, 0.717) is 17.6 Å². The van der Waals surface area contributed by atoms with E-state index in [4.69, 9.17) is 11.6 Å². The molecule has 0 saturated heterocycles. The lowest BCUT2D eigenvalue weighted by atomic mass is 10.2. The average Bonchev–Trinajstić information content (AvgIpc) is 3.12. The van der Waals surface area contributed by atoms with Crippen LogP contribution in [0.1, 0.15) is 25.6 Å². The van der Waals surface area contributed by atoms with E-state index in [1.54, 1.807) is 6.20 Å². The molecule has 3 heterocycles. The van der Waals surface area contributed by atoms with Crippen molar-refractivity contribution in [2.24, 2.45) is 0 Å². The molecule has 1 N–H and O–H groups in total. The van der Waals surface area contributed by atoms with Gasteiger partial charge in [-0.2, -0.15) is 5.10 Å². The Morgan fingerprint density at radius 1 is 1.29 bits per heavy atom. The fraction of sp³-hybridized carbons (Fsp3) is 0.333. The van der Waals surface area contributed by atoms with Gasteiger partial charge in [0.25, 0.3) is 0 Å². The van der Waals surface area contributed by atoms with Crippen LogP contribution in [-0.4, -0.2) is 25.2 Å². The normalized spacial score (nSPS) is 14.4. The molecule has 110 valence electrons. The summed E-state index contributed by atoms with van der Waals surface area (Å²) in [4.78, 5) is 4.57. The number of imidazole rings is 1. The Kier molecular flexibility index (Phi) is 3.94. The second-order valence-corrected chi connectivity index (χ2v) is 5.68. The predicted molar refractivity (Wildman–Crippen MR) is 83.4 cm³/mol. The molecule has 2 atom stereocenters. The number of pyridine rings is 1. The highest BCUT2D eigenvalue weighted by Crippen LogP contribution is 2.13. The number of hydrogen-bond donors (Lipinski definition) is 1. The second kappa shape index (κ2) is 5.87. The van der Waals surface area contributed by atoms with Crippen molar-refractivity contribution in [1.82, 2.24) is 24.5 Å². The molecule has 3 aromatic heterocycles. The molecule has 0 aliphatic heterocycles. The minimum atomic E-state index is 0.284. The molecule has 0 bridgehead atoms. The number of rotatable bonds is 5. The lowest BCUT2D eigenvalue weighted by Gasteiger charge is -2.21. The summed E-state index contributed by atoms with van der Waals surface area (Å²) in [6, 6.07) is 6.28. The standard InChI is InChI=1S/C15H18ClN5/c1-11(12(2)21-7-3-6-18-21)17-8-14-10-20-9-13(16)4-5-15(20)19-14/h3-7,9-12,17H,8H2,1-2H3/t11-,12-/m0/s1. The van der Waals surface area contributed by atoms with Gasteiger partial charge in [0.1, 0.15) is 5.65 Å². The molecular formula is C15H18ClN5. The van der Waals surface area contributed by atoms with Crippen molar-refractivity contribution in [3.63, 3.8) is 0 Å². The van der Waals surface area contributed by atoms with Crippen LogP contribution in [0.25, 0.3) is 5.65 Å². The van der Waals surface area contributed by atoms with Gasteiger partial charge in [0, 0.05) is 37.4 Å². The zero-order chi connectivity index (χ0) is 14.8. The predicted octanol–water partition coefficient (Wildman–Crippen LogP) is 2.92. The number of halogens is 1. The first-order chi connectivity index (χ1) is 10.1. The molecule has 3 rings (SSSR count). The molecule has 0 unspecified atom stereocenters. The van der Waals surface area contributed by atoms with E-state index < -0.39 is 0 Å². The van der Waals surface area contributed by atoms with Crippen molar-refractivity contribution in [3.8, 4) is 0 Å². The van der Waals surface area contributed by atoms with Gasteiger partial charge in [0.15, 0.2) is 0 Å². The molecule has 0 spiro atoms. The van der Waals surface area contributed by atoms with Gasteiger partial charge in [-0.25, -0.2) is 4.98 Å². The monoisotopic (exact) mass is 303 g/mol. The number of hydrogen-bond acceptors (Lipinski definition) is 3. The molecule has 21 heavy (non-hydrogen) atoms. The third kappa shape index (κ3) is 3.09. The van der Waals surface area contributed by atoms with Crippen LogP contribution in [-0.2, 0) is 6.54 Å². The topological polar surface area (TPSA) is 47.1 Å². The Balaban J connectivity index is 1.65. The van der Waals surface area contributed by atoms with Crippen LogP contribution in [0.5, 0.6) is 0 Å². The van der Waals surface area contributed by atoms with Crippen LogP contribution in [0.15, 0.2) is 43.0 Å². The van der Waals surface area contributed by atoms with Crippen LogP contribution in [0, 0.1) is 0 Å². The first kappa shape index (κ1) is 14.1. The summed E-state index contributed by atoms with van der Waals surface area (Å²) >= 11 is 5.98. The maximum absolute atomic E-state index is 5.98. The van der Waals surface area contributed by atoms with E-state index in [0.717, 1.165) is 11.3 Å². The van der Waals surface area contributed by atoms with Crippen LogP contribution in [0.2, 0.25) is 5.02 Å². The van der Waals surface area contributed by atoms with Gasteiger partial charge in [-0.05, 0) is 32.0 Å². The summed E-state index contributed by atoms with van der Waals surface area (Å²) in [6.07, 6.45) is 7.65. The minimum absolute atomic E-state index is 0.284. The van der Waals surface area contributed by atoms with E-state index >= 15 is 0 Å². The summed E-state index contributed by atoms with van der Waals surface area (Å²) in [5, 5.41) is 8.48. The summed E-state index contributed by atoms with van der Waals surface area (Å²) in [5.74, 6) is 0. The van der Waals surface area contributed by atoms with E-state index in [1.807, 2.05) is 45.9 Å². The highest BCUT2D eigenvalue weighted by Gasteiger charge is 2.14. The Morgan fingerprint density at radius 2 is 2.14 bits per heavy atom. The van der Waals surface area contributed by atoms with Crippen molar-refractivity contribution in [2.45, 2.75) is 32.5 Å². The van der Waals surface area contributed by atoms with Gasteiger partial charge < -0.3 is 9.72 Å². The molecule has 0 saturated carbocycles. The second-order valence-electron chi connectivity index (χ2n) is 5.24. The zero-order valence-electron chi connectivity index (χ0n) is 12.1. The first-order valence-corrected chi connectivity index (χ1v) is 7.37. The Labute approximate surface area is 128 Å². The van der Waals surface area contributed by atoms with Gasteiger partial charge in [0.05, 0.1) is 16.8 Å². The third-order valence-corrected chi connectivity index (χ3v) is 3.96. The molecule has 0 amide bonds. The number of nitrogens with zero attached hydrogens (tertiary/aromatic N) is 4. The maximum atomic E-state index is 5.98. The Bertz CT molecular complexity index is 719. The van der Waals surface area contributed by atoms with E-state index in [9.17, 15) is 0 Å². The van der Waals surface area contributed by atoms with Crippen LogP contribution < -0.4 is 5.32 Å². The minimum Gasteiger partial charge on any atom is -0.306 e. The fourth-order valence-corrected chi connectivity index (χ4v) is 2.46. The molecule has 0 radical (unpaired) electrons.